The summed E-state index contributed by atoms with van der Waals surface area (Å²) in [6.07, 6.45) is 17.0. The molecule has 3 aliphatic heterocycles. The molecule has 9 heterocycles. The Bertz CT molecular complexity index is 4710. The third kappa shape index (κ3) is 30.7. The molecule has 3 fully saturated rings. The number of nitrogens with zero attached hydrogens (tertiary/aromatic N) is 11. The van der Waals surface area contributed by atoms with Gasteiger partial charge in [0.25, 0.3) is 0 Å². The molecule has 28 nitrogen and oxygen atoms in total. The molecular weight excluding hydrogens is 1550 g/mol. The van der Waals surface area contributed by atoms with Crippen molar-refractivity contribution in [2.45, 2.75) is 145 Å². The van der Waals surface area contributed by atoms with Crippen LogP contribution in [0.2, 0.25) is 0 Å². The lowest BCUT2D eigenvalue weighted by Crippen LogP contribution is -2.42. The average Bonchev–Trinajstić information content (AvgIpc) is 0.865. The molecule has 0 spiro atoms. The Hall–Kier alpha value is -11.9. The van der Waals surface area contributed by atoms with Gasteiger partial charge in [-0.05, 0) is 190 Å². The number of amides is 3. The first kappa shape index (κ1) is 93.9. The number of benzene rings is 4. The Kier molecular flexibility index (Phi) is 37.4. The maximum atomic E-state index is 13.9. The second-order valence-electron chi connectivity index (χ2n) is 27.9. The van der Waals surface area contributed by atoms with Crippen LogP contribution in [0, 0.1) is 17.5 Å². The number of nitrogen functional groups attached to an aromatic ring is 2. The fourth-order valence-corrected chi connectivity index (χ4v) is 11.4. The van der Waals surface area contributed by atoms with E-state index < -0.39 is 34.7 Å². The van der Waals surface area contributed by atoms with Gasteiger partial charge in [0.05, 0.1) is 54.6 Å². The average molecular weight is 1650 g/mol. The van der Waals surface area contributed by atoms with Crippen molar-refractivity contribution in [1.29, 1.82) is 0 Å². The minimum atomic E-state index is -0.596. The molecule has 6 aromatic heterocycles. The Morgan fingerprint density at radius 2 is 0.897 bits per heavy atom. The van der Waals surface area contributed by atoms with Crippen LogP contribution in [-0.4, -0.2) is 159 Å². The number of likely N-dealkylation sites (tertiary alicyclic amines) is 2. The first-order chi connectivity index (χ1) is 54.8. The lowest BCUT2D eigenvalue weighted by Gasteiger charge is -2.29. The topological polar surface area (TPSA) is 361 Å². The second-order valence-corrected chi connectivity index (χ2v) is 28.7. The van der Waals surface area contributed by atoms with Gasteiger partial charge in [-0.1, -0.05) is 52.6 Å². The summed E-state index contributed by atoms with van der Waals surface area (Å²) >= 11 is 9.53. The molecule has 0 bridgehead atoms. The first-order valence-corrected chi connectivity index (χ1v) is 37.8. The predicted octanol–water partition coefficient (Wildman–Crippen LogP) is 18.4. The van der Waals surface area contributed by atoms with Crippen LogP contribution in [0.25, 0.3) is 34.2 Å². The number of rotatable bonds is 21. The first-order valence-electron chi connectivity index (χ1n) is 36.7. The Balaban J connectivity index is 0.000000266. The summed E-state index contributed by atoms with van der Waals surface area (Å²) in [5.41, 5.74) is 16.0. The van der Waals surface area contributed by atoms with Gasteiger partial charge in [0.2, 0.25) is 17.6 Å². The van der Waals surface area contributed by atoms with Gasteiger partial charge >= 0.3 is 18.3 Å². The van der Waals surface area contributed by atoms with E-state index in [-0.39, 0.29) is 88.5 Å². The quantitative estimate of drug-likeness (QED) is 0.0188. The number of ether oxygens (including phenoxy) is 6. The lowest BCUT2D eigenvalue weighted by molar-refractivity contribution is 0.0224. The summed E-state index contributed by atoms with van der Waals surface area (Å²) in [5, 5.41) is 23.9. The highest BCUT2D eigenvalue weighted by Gasteiger charge is 2.34. The molecule has 13 rings (SSSR count). The Morgan fingerprint density at radius 1 is 0.530 bits per heavy atom. The molecule has 4 aromatic carbocycles. The molecule has 0 unspecified atom stereocenters. The highest BCUT2D eigenvalue weighted by atomic mass is 35.5. The minimum absolute atomic E-state index is 0. The third-order valence-electron chi connectivity index (χ3n) is 16.6. The zero-order valence-corrected chi connectivity index (χ0v) is 65.7. The number of aromatic nitrogens is 9. The normalized spacial score (nSPS) is 14.4. The molecule has 10 N–H and O–H groups in total. The summed E-state index contributed by atoms with van der Waals surface area (Å²) in [6, 6.07) is 34.2. The van der Waals surface area contributed by atoms with Crippen molar-refractivity contribution in [3.63, 3.8) is 0 Å². The van der Waals surface area contributed by atoms with E-state index in [0.717, 1.165) is 69.3 Å². The number of carbonyl (C=O) groups is 3. The number of anilines is 6. The van der Waals surface area contributed by atoms with Crippen LogP contribution in [0.4, 0.5) is 61.7 Å². The van der Waals surface area contributed by atoms with Crippen molar-refractivity contribution >= 4 is 75.6 Å². The van der Waals surface area contributed by atoms with Gasteiger partial charge in [0, 0.05) is 97.7 Å². The van der Waals surface area contributed by atoms with E-state index in [1.54, 1.807) is 108 Å². The lowest BCUT2D eigenvalue weighted by atomic mass is 10.2. The third-order valence-corrected chi connectivity index (χ3v) is 16.6. The molecule has 3 aliphatic rings. The van der Waals surface area contributed by atoms with Crippen LogP contribution in [0.1, 0.15) is 115 Å². The monoisotopic (exact) mass is 1650 g/mol. The molecule has 3 saturated heterocycles. The number of nitrogens with one attached hydrogen (secondary N) is 5. The van der Waals surface area contributed by atoms with Crippen LogP contribution >= 0.6 is 23.2 Å². The molecule has 0 aliphatic carbocycles. The number of hydrogen-bond acceptors (Lipinski definition) is 25. The number of halogens is 5. The molecule has 10 aromatic rings. The van der Waals surface area contributed by atoms with Gasteiger partial charge < -0.3 is 76.1 Å². The van der Waals surface area contributed by atoms with E-state index in [0.29, 0.717) is 112 Å². The van der Waals surface area contributed by atoms with E-state index in [1.165, 1.54) is 43.2 Å². The van der Waals surface area contributed by atoms with Crippen LogP contribution in [0.15, 0.2) is 177 Å². The number of alkyl halides is 2. The second kappa shape index (κ2) is 46.6. The van der Waals surface area contributed by atoms with Crippen LogP contribution in [-0.2, 0) is 20.8 Å². The molecule has 33 heteroatoms. The van der Waals surface area contributed by atoms with Crippen molar-refractivity contribution in [3.05, 3.63) is 200 Å². The number of aliphatic hydroxyl groups is 1. The number of hydrogen-bond donors (Lipinski definition) is 8. The number of aliphatic hydroxyl groups excluding tert-OH is 1. The van der Waals surface area contributed by atoms with Gasteiger partial charge in [0.15, 0.2) is 17.5 Å². The van der Waals surface area contributed by atoms with Crippen molar-refractivity contribution in [3.8, 4) is 69.1 Å². The van der Waals surface area contributed by atoms with E-state index in [9.17, 15) is 27.6 Å². The minimum Gasteiger partial charge on any atom is -0.444 e. The van der Waals surface area contributed by atoms with E-state index in [4.69, 9.17) is 68.2 Å². The van der Waals surface area contributed by atoms with Crippen molar-refractivity contribution in [1.82, 2.24) is 60.0 Å². The Morgan fingerprint density at radius 3 is 1.25 bits per heavy atom. The molecular formula is C84H105Cl2F3N18O10. The van der Waals surface area contributed by atoms with Crippen molar-refractivity contribution < 1.29 is 61.1 Å². The molecule has 3 atom stereocenters. The van der Waals surface area contributed by atoms with Gasteiger partial charge in [0.1, 0.15) is 69.6 Å². The zero-order chi connectivity index (χ0) is 81.6. The number of carbonyl (C=O) groups excluding carboxylic acids is 3. The van der Waals surface area contributed by atoms with Crippen LogP contribution in [0.3, 0.4) is 0 Å². The fourth-order valence-electron chi connectivity index (χ4n) is 11.4. The van der Waals surface area contributed by atoms with Gasteiger partial charge in [-0.2, -0.15) is 15.0 Å². The standard InChI is InChI=1S/C33H35FN6O5.C25H29FN6O3.C20H21FN6O.C2H6O.CH2Cl2.3CH4/c1-33(2,3)45-32(42)40-15-7-10-26(40)19-36-28-20-37-29(23-16-24(34)18-35-17-23)39-30(28)44-27-13-11-25(12-14-27)38-31(41)43-21-22-8-5-4-6-9-22;1-25(2,3)35-24(33)32-10-4-5-19(32)14-29-21-15-30-22(16-11-17(26)13-28-12-16)31-23(21)34-20-8-6-18(27)7-9-20;21-14-8-13(9-23-10-14)19-26-12-18(25-11-16-2-1-7-24-16)20(27-19)28-17-5-3-15(22)4-6-17;1-2-3;2-1-3;;;/h4-6,8-9,11-14,16-18,20,26,36H,7,10,15,19,21H2,1-3H3,(H,38,41);6-9,11-13,15,19,29H,4-5,10,14,27H2,1-3H3;3-6,8-10,12,16,24-25H,1-2,7,11,22H2;3H,2H2,1H3;1H2;3*1H4/t26-;19-;16-;;;;;/m000...../s1. The summed E-state index contributed by atoms with van der Waals surface area (Å²) in [4.78, 5) is 79.4. The smallest absolute Gasteiger partial charge is 0.411 e. The zero-order valence-electron chi connectivity index (χ0n) is 64.2. The molecule has 0 saturated carbocycles. The predicted molar refractivity (Wildman–Crippen MR) is 452 cm³/mol. The number of pyridine rings is 3. The SMILES string of the molecule is C.C.C.CC(C)(C)OC(=O)N1CCC[C@H]1CNc1cnc(-c2cncc(F)c2)nc1Oc1ccc(N)cc1.CC(C)(C)OC(=O)N1CCC[C@H]1CNc1cnc(-c2cncc(F)c2)nc1Oc1ccc(NC(=O)OCc2ccccc2)cc1.CCO.ClCCl.Nc1ccc(Oc2nc(-c3cncc(F)c3)ncc2NC[C@@H]2CCCN2)cc1. The number of nitrogens with two attached hydrogens (primary N) is 2. The molecule has 117 heavy (non-hydrogen) atoms. The largest absolute Gasteiger partial charge is 0.444 e. The summed E-state index contributed by atoms with van der Waals surface area (Å²) in [5.74, 6) is 1.73. The highest BCUT2D eigenvalue weighted by Crippen LogP contribution is 2.35. The van der Waals surface area contributed by atoms with E-state index in [1.807, 2.05) is 71.9 Å². The highest BCUT2D eigenvalue weighted by molar-refractivity contribution is 6.40. The summed E-state index contributed by atoms with van der Waals surface area (Å²) in [6.45, 7) is 17.0. The van der Waals surface area contributed by atoms with Crippen LogP contribution in [0.5, 0.6) is 34.9 Å². The van der Waals surface area contributed by atoms with Crippen molar-refractivity contribution in [2.24, 2.45) is 0 Å². The fraction of sp³-hybridized carbons (Fsp3) is 0.357. The van der Waals surface area contributed by atoms with Gasteiger partial charge in [-0.15, -0.1) is 23.2 Å². The summed E-state index contributed by atoms with van der Waals surface area (Å²) in [7, 11) is 0. The van der Waals surface area contributed by atoms with E-state index in [2.05, 4.69) is 71.4 Å². The molecule has 0 radical (unpaired) electrons. The van der Waals surface area contributed by atoms with E-state index >= 15 is 0 Å². The van der Waals surface area contributed by atoms with Gasteiger partial charge in [-0.3, -0.25) is 20.3 Å². The Labute approximate surface area is 691 Å². The summed E-state index contributed by atoms with van der Waals surface area (Å²) < 4.78 is 75.7. The van der Waals surface area contributed by atoms with Crippen LogP contribution < -0.4 is 52.3 Å². The maximum Gasteiger partial charge on any atom is 0.411 e. The van der Waals surface area contributed by atoms with Crippen molar-refractivity contribution in [2.75, 3.05) is 83.9 Å². The molecule has 3 amide bonds. The van der Waals surface area contributed by atoms with Gasteiger partial charge in [-0.25, -0.2) is 42.5 Å². The molecule has 626 valence electrons. The maximum absolute atomic E-state index is 13.9.